The quantitative estimate of drug-likeness (QED) is 0.166. The Bertz CT molecular complexity index is 2330. The first-order chi connectivity index (χ1) is 27.8. The summed E-state index contributed by atoms with van der Waals surface area (Å²) in [5, 5.41) is 0. The van der Waals surface area contributed by atoms with Gasteiger partial charge in [0.05, 0.1) is 37.4 Å². The summed E-state index contributed by atoms with van der Waals surface area (Å²) in [5.41, 5.74) is -0.172. The Morgan fingerprint density at radius 3 is 1.31 bits per heavy atom. The van der Waals surface area contributed by atoms with Crippen LogP contribution < -0.4 is 0 Å². The minimum Gasteiger partial charge on any atom is -0.294 e. The third kappa shape index (κ3) is 8.68. The average molecular weight is 827 g/mol. The lowest BCUT2D eigenvalue weighted by Crippen LogP contribution is -2.49. The number of Topliss-reactive ketones (excluding diaryl/α,β-unsaturated/α-hetero) is 2. The fourth-order valence-electron chi connectivity index (χ4n) is 7.95. The van der Waals surface area contributed by atoms with Gasteiger partial charge in [-0.25, -0.2) is 25.9 Å². The van der Waals surface area contributed by atoms with Crippen molar-refractivity contribution in [2.75, 3.05) is 37.7 Å². The molecule has 14 heteroatoms. The molecule has 0 amide bonds. The third-order valence-corrected chi connectivity index (χ3v) is 16.0. The topological polar surface area (TPSA) is 124 Å². The fraction of sp³-hybridized carbons (Fsp3) is 0.364. The average Bonchev–Trinajstić information content (AvgIpc) is 3.53. The van der Waals surface area contributed by atoms with Gasteiger partial charge in [-0.3, -0.25) is 28.2 Å². The first-order valence-electron chi connectivity index (χ1n) is 19.6. The van der Waals surface area contributed by atoms with Crippen LogP contribution in [0, 0.1) is 11.6 Å². The first kappa shape index (κ1) is 41.1. The van der Waals surface area contributed by atoms with E-state index in [2.05, 4.69) is 8.73 Å². The minimum atomic E-state index is -2.81. The fourth-order valence-corrected chi connectivity index (χ4v) is 13.2. The molecule has 0 spiro atoms. The number of aliphatic imine (C=N–C) groups is 2. The summed E-state index contributed by atoms with van der Waals surface area (Å²) >= 11 is 0. The Morgan fingerprint density at radius 2 is 0.931 bits per heavy atom. The van der Waals surface area contributed by atoms with Gasteiger partial charge in [-0.1, -0.05) is 97.1 Å². The molecule has 4 aliphatic heterocycles. The zero-order chi connectivity index (χ0) is 41.0. The summed E-state index contributed by atoms with van der Waals surface area (Å²) in [5.74, 6) is 0.114. The van der Waals surface area contributed by atoms with Crippen molar-refractivity contribution in [2.45, 2.75) is 63.5 Å². The zero-order valence-corrected chi connectivity index (χ0v) is 34.4. The number of fused-ring (bicyclic) bond motifs is 2. The van der Waals surface area contributed by atoms with Crippen molar-refractivity contribution >= 4 is 43.1 Å². The number of ketones is 2. The molecule has 4 aromatic carbocycles. The van der Waals surface area contributed by atoms with Crippen LogP contribution in [0.5, 0.6) is 0 Å². The summed E-state index contributed by atoms with van der Waals surface area (Å²) in [6.45, 7) is 5.64. The van der Waals surface area contributed by atoms with Crippen molar-refractivity contribution in [3.63, 3.8) is 0 Å². The van der Waals surface area contributed by atoms with Crippen molar-refractivity contribution < 1.29 is 26.8 Å². The summed E-state index contributed by atoms with van der Waals surface area (Å²) in [7, 11) is -5.62. The number of hydrogen-bond donors (Lipinski definition) is 0. The minimum absolute atomic E-state index is 0.0145. The maximum atomic E-state index is 14.6. The molecular formula is C44H48F2N6O4S2. The van der Waals surface area contributed by atoms with Gasteiger partial charge in [0.15, 0.2) is 11.6 Å². The normalized spacial score (nSPS) is 26.7. The Morgan fingerprint density at radius 1 is 0.569 bits per heavy atom. The molecule has 4 heterocycles. The molecule has 4 aromatic rings. The molecule has 0 saturated heterocycles. The van der Waals surface area contributed by atoms with Crippen LogP contribution in [0.1, 0.15) is 84.2 Å². The summed E-state index contributed by atoms with van der Waals surface area (Å²) in [4.78, 5) is 35.4. The van der Waals surface area contributed by atoms with E-state index in [4.69, 9.17) is 9.98 Å². The molecule has 0 aromatic heterocycles. The molecule has 4 atom stereocenters. The molecule has 0 saturated carbocycles. The van der Waals surface area contributed by atoms with Crippen LogP contribution in [0.3, 0.4) is 0 Å². The molecule has 10 nitrogen and oxygen atoms in total. The van der Waals surface area contributed by atoms with Crippen molar-refractivity contribution in [3.05, 3.63) is 143 Å². The monoisotopic (exact) mass is 826 g/mol. The van der Waals surface area contributed by atoms with E-state index in [1.807, 2.05) is 36.4 Å². The lowest BCUT2D eigenvalue weighted by atomic mass is 9.94. The lowest BCUT2D eigenvalue weighted by Gasteiger charge is -2.39. The van der Waals surface area contributed by atoms with Crippen molar-refractivity contribution in [3.8, 4) is 0 Å². The number of rotatable bonds is 8. The largest absolute Gasteiger partial charge is 0.294 e. The maximum Gasteiger partial charge on any atom is 0.170 e. The number of benzene rings is 4. The predicted octanol–water partition coefficient (Wildman–Crippen LogP) is 8.41. The zero-order valence-electron chi connectivity index (χ0n) is 32.8. The molecule has 8 rings (SSSR count). The molecule has 0 N–H and O–H groups in total. The van der Waals surface area contributed by atoms with E-state index >= 15 is 0 Å². The van der Waals surface area contributed by atoms with Gasteiger partial charge >= 0.3 is 0 Å². The summed E-state index contributed by atoms with van der Waals surface area (Å²) < 4.78 is 69.4. The van der Waals surface area contributed by atoms with E-state index in [0.717, 1.165) is 25.7 Å². The number of halogens is 2. The number of carbonyl (C=O) groups excluding carboxylic acids is 2. The van der Waals surface area contributed by atoms with Crippen LogP contribution >= 0.6 is 0 Å². The highest BCUT2D eigenvalue weighted by Gasteiger charge is 2.44. The van der Waals surface area contributed by atoms with Gasteiger partial charge in [0.1, 0.15) is 54.2 Å². The second kappa shape index (κ2) is 17.0. The van der Waals surface area contributed by atoms with Crippen molar-refractivity contribution in [1.29, 1.82) is 0 Å². The van der Waals surface area contributed by atoms with E-state index in [-0.39, 0.29) is 35.9 Å². The highest BCUT2D eigenvalue weighted by molar-refractivity contribution is 7.92. The van der Waals surface area contributed by atoms with Gasteiger partial charge < -0.3 is 0 Å². The Kier molecular flexibility index (Phi) is 12.1. The van der Waals surface area contributed by atoms with Crippen LogP contribution in [0.25, 0.3) is 0 Å². The molecule has 4 aliphatic rings. The first-order valence-corrected chi connectivity index (χ1v) is 22.9. The Labute approximate surface area is 340 Å². The predicted molar refractivity (Wildman–Crippen MR) is 226 cm³/mol. The molecule has 2 unspecified atom stereocenters. The van der Waals surface area contributed by atoms with Gasteiger partial charge in [0.2, 0.25) is 0 Å². The van der Waals surface area contributed by atoms with Gasteiger partial charge in [-0.15, -0.1) is 0 Å². The number of nitrogens with zero attached hydrogens (tertiary/aromatic N) is 6. The SMILES string of the molecule is C[C@@]1(c2ccccc2F)CS2(=O)=NCCCCN2C(CC(=O)c2ccccc2)=N1.C[C@@]1(c2ccccc2F)CS2(=O)=NCCCCN2C(CC(=O)c2ccccc2)=N1. The second-order valence-electron chi connectivity index (χ2n) is 15.3. The Balaban J connectivity index is 0.000000177. The van der Waals surface area contributed by atoms with Crippen LogP contribution in [0.4, 0.5) is 8.78 Å². The van der Waals surface area contributed by atoms with Crippen LogP contribution in [-0.4, -0.2) is 78.0 Å². The highest BCUT2D eigenvalue weighted by atomic mass is 32.2. The van der Waals surface area contributed by atoms with E-state index in [9.17, 15) is 26.8 Å². The molecule has 0 radical (unpaired) electrons. The Hall–Kier alpha value is -5.08. The maximum absolute atomic E-state index is 14.6. The van der Waals surface area contributed by atoms with Crippen LogP contribution in [-0.2, 0) is 30.9 Å². The van der Waals surface area contributed by atoms with Crippen molar-refractivity contribution in [1.82, 2.24) is 8.61 Å². The van der Waals surface area contributed by atoms with E-state index < -0.39 is 42.5 Å². The van der Waals surface area contributed by atoms with E-state index in [1.165, 1.54) is 12.1 Å². The number of amidine groups is 2. The second-order valence-corrected chi connectivity index (χ2v) is 19.7. The summed E-state index contributed by atoms with van der Waals surface area (Å²) in [6, 6.07) is 30.8. The van der Waals surface area contributed by atoms with Crippen LogP contribution in [0.2, 0.25) is 0 Å². The molecule has 0 aliphatic carbocycles. The lowest BCUT2D eigenvalue weighted by molar-refractivity contribution is 0.0990. The van der Waals surface area contributed by atoms with Crippen molar-refractivity contribution in [2.24, 2.45) is 18.7 Å². The van der Waals surface area contributed by atoms with Gasteiger partial charge in [-0.05, 0) is 51.7 Å². The molecule has 0 fully saturated rings. The van der Waals surface area contributed by atoms with Gasteiger partial charge in [0.25, 0.3) is 0 Å². The standard InChI is InChI=1S/2C22H24FN3O2S/c2*1-22(18-11-5-6-12-19(18)23)16-29(28)24-13-7-8-14-26(29)21(25-22)15-20(27)17-9-3-2-4-10-17/h2*2-6,9-12H,7-8,13-16H2,1H3/t2*22-,29?/m00/s1. The number of hydrogen-bond acceptors (Lipinski definition) is 8. The van der Waals surface area contributed by atoms with E-state index in [1.54, 1.807) is 83.1 Å². The molecule has 58 heavy (non-hydrogen) atoms. The molecule has 0 bridgehead atoms. The smallest absolute Gasteiger partial charge is 0.170 e. The van der Waals surface area contributed by atoms with E-state index in [0.29, 0.717) is 60.1 Å². The molecule has 304 valence electrons. The highest BCUT2D eigenvalue weighted by Crippen LogP contribution is 2.38. The van der Waals surface area contributed by atoms with Crippen LogP contribution in [0.15, 0.2) is 128 Å². The number of carbonyl (C=O) groups is 2. The summed E-state index contributed by atoms with van der Waals surface area (Å²) in [6.07, 6.45) is 3.36. The van der Waals surface area contributed by atoms with Gasteiger partial charge in [-0.2, -0.15) is 0 Å². The molecular weight excluding hydrogens is 779 g/mol. The third-order valence-electron chi connectivity index (χ3n) is 10.8. The van der Waals surface area contributed by atoms with Gasteiger partial charge in [0, 0.05) is 35.3 Å².